The van der Waals surface area contributed by atoms with Gasteiger partial charge in [0.05, 0.1) is 4.92 Å². The SMILES string of the molecule is CC(Cc1ccc([N+](=O)[O-])cc1)NCCc1ccccc1. The van der Waals surface area contributed by atoms with Crippen LogP contribution < -0.4 is 5.32 Å². The summed E-state index contributed by atoms with van der Waals surface area (Å²) >= 11 is 0. The summed E-state index contributed by atoms with van der Waals surface area (Å²) in [7, 11) is 0. The third-order valence-corrected chi connectivity index (χ3v) is 3.44. The number of nitro groups is 1. The highest BCUT2D eigenvalue weighted by molar-refractivity contribution is 5.33. The van der Waals surface area contributed by atoms with E-state index in [0.29, 0.717) is 6.04 Å². The van der Waals surface area contributed by atoms with E-state index in [1.54, 1.807) is 12.1 Å². The molecule has 0 aliphatic rings. The summed E-state index contributed by atoms with van der Waals surface area (Å²) in [4.78, 5) is 10.2. The minimum atomic E-state index is -0.370. The Morgan fingerprint density at radius 2 is 1.71 bits per heavy atom. The Bertz CT molecular complexity index is 567. The molecule has 0 aliphatic carbocycles. The van der Waals surface area contributed by atoms with Crippen LogP contribution in [0.3, 0.4) is 0 Å². The van der Waals surface area contributed by atoms with Crippen LogP contribution in [0.25, 0.3) is 0 Å². The number of hydrogen-bond acceptors (Lipinski definition) is 3. The summed E-state index contributed by atoms with van der Waals surface area (Å²) in [5.41, 5.74) is 2.58. The first-order valence-corrected chi connectivity index (χ1v) is 7.16. The van der Waals surface area contributed by atoms with Crippen molar-refractivity contribution < 1.29 is 4.92 Å². The zero-order valence-electron chi connectivity index (χ0n) is 12.2. The molecule has 0 radical (unpaired) electrons. The number of nitrogens with one attached hydrogen (secondary N) is 1. The van der Waals surface area contributed by atoms with E-state index in [0.717, 1.165) is 24.9 Å². The zero-order valence-corrected chi connectivity index (χ0v) is 12.2. The number of hydrogen-bond donors (Lipinski definition) is 1. The number of nitro benzene ring substituents is 1. The summed E-state index contributed by atoms with van der Waals surface area (Å²) in [5.74, 6) is 0. The van der Waals surface area contributed by atoms with Crippen molar-refractivity contribution >= 4 is 5.69 Å². The molecule has 0 heterocycles. The van der Waals surface area contributed by atoms with Gasteiger partial charge in [0, 0.05) is 18.2 Å². The van der Waals surface area contributed by atoms with Crippen LogP contribution in [-0.4, -0.2) is 17.5 Å². The molecule has 0 saturated carbocycles. The molecule has 0 saturated heterocycles. The monoisotopic (exact) mass is 284 g/mol. The van der Waals surface area contributed by atoms with Crippen molar-refractivity contribution in [2.75, 3.05) is 6.54 Å². The second-order valence-electron chi connectivity index (χ2n) is 5.22. The Morgan fingerprint density at radius 3 is 2.33 bits per heavy atom. The van der Waals surface area contributed by atoms with Crippen molar-refractivity contribution in [2.45, 2.75) is 25.8 Å². The zero-order chi connectivity index (χ0) is 15.1. The molecule has 4 heteroatoms. The molecule has 0 spiro atoms. The van der Waals surface area contributed by atoms with Crippen LogP contribution in [0.2, 0.25) is 0 Å². The Labute approximate surface area is 125 Å². The molecule has 110 valence electrons. The molecule has 2 aromatic carbocycles. The van der Waals surface area contributed by atoms with Gasteiger partial charge in [0.25, 0.3) is 5.69 Å². The van der Waals surface area contributed by atoms with Crippen molar-refractivity contribution in [1.29, 1.82) is 0 Å². The highest BCUT2D eigenvalue weighted by Gasteiger charge is 2.06. The van der Waals surface area contributed by atoms with E-state index in [1.807, 2.05) is 18.2 Å². The number of nitrogens with zero attached hydrogens (tertiary/aromatic N) is 1. The number of non-ortho nitro benzene ring substituents is 1. The minimum Gasteiger partial charge on any atom is -0.314 e. The van der Waals surface area contributed by atoms with E-state index >= 15 is 0 Å². The lowest BCUT2D eigenvalue weighted by Gasteiger charge is -2.13. The summed E-state index contributed by atoms with van der Waals surface area (Å²) in [6.07, 6.45) is 1.87. The molecule has 1 unspecified atom stereocenters. The van der Waals surface area contributed by atoms with E-state index in [9.17, 15) is 10.1 Å². The molecule has 0 aliphatic heterocycles. The summed E-state index contributed by atoms with van der Waals surface area (Å²) < 4.78 is 0. The van der Waals surface area contributed by atoms with Crippen molar-refractivity contribution in [1.82, 2.24) is 5.32 Å². The molecular formula is C17H20N2O2. The standard InChI is InChI=1S/C17H20N2O2/c1-14(18-12-11-15-5-3-2-4-6-15)13-16-7-9-17(10-8-16)19(20)21/h2-10,14,18H,11-13H2,1H3. The molecule has 2 rings (SSSR count). The van der Waals surface area contributed by atoms with E-state index in [-0.39, 0.29) is 10.6 Å². The third-order valence-electron chi connectivity index (χ3n) is 3.44. The summed E-state index contributed by atoms with van der Waals surface area (Å²) in [5, 5.41) is 14.1. The van der Waals surface area contributed by atoms with Gasteiger partial charge in [-0.1, -0.05) is 42.5 Å². The van der Waals surface area contributed by atoms with Gasteiger partial charge in [0.1, 0.15) is 0 Å². The molecule has 0 amide bonds. The fourth-order valence-corrected chi connectivity index (χ4v) is 2.29. The molecule has 4 nitrogen and oxygen atoms in total. The molecule has 0 bridgehead atoms. The summed E-state index contributed by atoms with van der Waals surface area (Å²) in [6.45, 7) is 3.06. The first-order valence-electron chi connectivity index (χ1n) is 7.16. The lowest BCUT2D eigenvalue weighted by Crippen LogP contribution is -2.29. The fourth-order valence-electron chi connectivity index (χ4n) is 2.29. The topological polar surface area (TPSA) is 55.2 Å². The maximum atomic E-state index is 10.6. The van der Waals surface area contributed by atoms with E-state index in [2.05, 4.69) is 36.5 Å². The highest BCUT2D eigenvalue weighted by Crippen LogP contribution is 2.13. The third kappa shape index (κ3) is 5.00. The van der Waals surface area contributed by atoms with Crippen LogP contribution in [0.5, 0.6) is 0 Å². The molecule has 0 aromatic heterocycles. The Morgan fingerprint density at radius 1 is 1.05 bits per heavy atom. The van der Waals surface area contributed by atoms with Crippen LogP contribution in [0, 0.1) is 10.1 Å². The smallest absolute Gasteiger partial charge is 0.269 e. The Hall–Kier alpha value is -2.20. The lowest BCUT2D eigenvalue weighted by molar-refractivity contribution is -0.384. The highest BCUT2D eigenvalue weighted by atomic mass is 16.6. The van der Waals surface area contributed by atoms with Gasteiger partial charge in [-0.05, 0) is 37.4 Å². The number of benzene rings is 2. The van der Waals surface area contributed by atoms with Gasteiger partial charge >= 0.3 is 0 Å². The average Bonchev–Trinajstić information content (AvgIpc) is 2.49. The molecule has 2 aromatic rings. The van der Waals surface area contributed by atoms with Crippen LogP contribution in [0.1, 0.15) is 18.1 Å². The van der Waals surface area contributed by atoms with Gasteiger partial charge < -0.3 is 5.32 Å². The van der Waals surface area contributed by atoms with Gasteiger partial charge in [-0.15, -0.1) is 0 Å². The molecule has 1 N–H and O–H groups in total. The second-order valence-corrected chi connectivity index (χ2v) is 5.22. The maximum absolute atomic E-state index is 10.6. The van der Waals surface area contributed by atoms with Crippen LogP contribution in [0.4, 0.5) is 5.69 Å². The van der Waals surface area contributed by atoms with Crippen molar-refractivity contribution in [3.8, 4) is 0 Å². The maximum Gasteiger partial charge on any atom is 0.269 e. The Balaban J connectivity index is 1.76. The van der Waals surface area contributed by atoms with E-state index in [4.69, 9.17) is 0 Å². The van der Waals surface area contributed by atoms with Crippen molar-refractivity contribution in [3.05, 3.63) is 75.8 Å². The molecular weight excluding hydrogens is 264 g/mol. The molecule has 0 fully saturated rings. The number of rotatable bonds is 7. The van der Waals surface area contributed by atoms with Crippen molar-refractivity contribution in [2.24, 2.45) is 0 Å². The van der Waals surface area contributed by atoms with Crippen molar-refractivity contribution in [3.63, 3.8) is 0 Å². The first kappa shape index (κ1) is 15.2. The van der Waals surface area contributed by atoms with Crippen LogP contribution in [0.15, 0.2) is 54.6 Å². The van der Waals surface area contributed by atoms with Gasteiger partial charge in [-0.25, -0.2) is 0 Å². The predicted octanol–water partition coefficient (Wildman–Crippen LogP) is 3.36. The fraction of sp³-hybridized carbons (Fsp3) is 0.294. The minimum absolute atomic E-state index is 0.142. The largest absolute Gasteiger partial charge is 0.314 e. The quantitative estimate of drug-likeness (QED) is 0.626. The van der Waals surface area contributed by atoms with Crippen LogP contribution >= 0.6 is 0 Å². The van der Waals surface area contributed by atoms with Gasteiger partial charge in [-0.2, -0.15) is 0 Å². The Kier molecular flexibility index (Phi) is 5.46. The van der Waals surface area contributed by atoms with E-state index < -0.39 is 0 Å². The lowest BCUT2D eigenvalue weighted by atomic mass is 10.1. The van der Waals surface area contributed by atoms with Crippen LogP contribution in [-0.2, 0) is 12.8 Å². The molecule has 1 atom stereocenters. The van der Waals surface area contributed by atoms with E-state index in [1.165, 1.54) is 5.56 Å². The molecule has 21 heavy (non-hydrogen) atoms. The van der Waals surface area contributed by atoms with Gasteiger partial charge in [0.15, 0.2) is 0 Å². The van der Waals surface area contributed by atoms with Gasteiger partial charge in [0.2, 0.25) is 0 Å². The average molecular weight is 284 g/mol. The first-order chi connectivity index (χ1) is 10.1. The normalized spacial score (nSPS) is 12.0. The summed E-state index contributed by atoms with van der Waals surface area (Å²) in [6, 6.07) is 17.5. The van der Waals surface area contributed by atoms with Gasteiger partial charge in [-0.3, -0.25) is 10.1 Å². The second kappa shape index (κ2) is 7.55. The predicted molar refractivity (Wildman–Crippen MR) is 84.4 cm³/mol.